The third-order valence-electron chi connectivity index (χ3n) is 3.07. The van der Waals surface area contributed by atoms with Crippen molar-refractivity contribution in [1.29, 1.82) is 0 Å². The minimum atomic E-state index is 0.112. The van der Waals surface area contributed by atoms with Crippen LogP contribution in [-0.2, 0) is 19.4 Å². The van der Waals surface area contributed by atoms with Gasteiger partial charge in [0.1, 0.15) is 0 Å². The molecule has 0 saturated heterocycles. The molecule has 2 aromatic rings. The molecule has 0 aliphatic carbocycles. The van der Waals surface area contributed by atoms with Gasteiger partial charge in [0.15, 0.2) is 5.78 Å². The van der Waals surface area contributed by atoms with Crippen LogP contribution in [0.3, 0.4) is 0 Å². The van der Waals surface area contributed by atoms with Gasteiger partial charge in [-0.1, -0.05) is 18.5 Å². The van der Waals surface area contributed by atoms with Crippen molar-refractivity contribution in [3.8, 4) is 0 Å². The lowest BCUT2D eigenvalue weighted by molar-refractivity contribution is 0.0994. The van der Waals surface area contributed by atoms with Gasteiger partial charge < -0.3 is 0 Å². The number of rotatable bonds is 5. The highest BCUT2D eigenvalue weighted by Gasteiger charge is 2.18. The number of hydrogen-bond acceptors (Lipinski definition) is 3. The van der Waals surface area contributed by atoms with E-state index in [1.807, 2.05) is 30.7 Å². The molecular formula is C14H17ClN2OS. The van der Waals surface area contributed by atoms with Crippen LogP contribution < -0.4 is 0 Å². The topological polar surface area (TPSA) is 34.9 Å². The van der Waals surface area contributed by atoms with Gasteiger partial charge in [-0.25, -0.2) is 0 Å². The van der Waals surface area contributed by atoms with E-state index in [1.165, 1.54) is 4.88 Å². The van der Waals surface area contributed by atoms with Crippen LogP contribution in [0.1, 0.15) is 39.8 Å². The van der Waals surface area contributed by atoms with Gasteiger partial charge >= 0.3 is 0 Å². The van der Waals surface area contributed by atoms with E-state index >= 15 is 0 Å². The first-order valence-electron chi connectivity index (χ1n) is 6.40. The monoisotopic (exact) mass is 296 g/mol. The Labute approximate surface area is 122 Å². The Balaban J connectivity index is 2.23. The van der Waals surface area contributed by atoms with Crippen molar-refractivity contribution in [3.63, 3.8) is 0 Å². The van der Waals surface area contributed by atoms with Crippen molar-refractivity contribution < 1.29 is 4.79 Å². The molecule has 0 unspecified atom stereocenters. The third kappa shape index (κ3) is 2.90. The fraction of sp³-hybridized carbons (Fsp3) is 0.429. The third-order valence-corrected chi connectivity index (χ3v) is 4.83. The first kappa shape index (κ1) is 14.3. The van der Waals surface area contributed by atoms with E-state index in [4.69, 9.17) is 11.6 Å². The molecule has 0 fully saturated rings. The first-order chi connectivity index (χ1) is 9.06. The second-order valence-corrected chi connectivity index (χ2v) is 5.93. The van der Waals surface area contributed by atoms with Gasteiger partial charge in [-0.3, -0.25) is 9.48 Å². The Morgan fingerprint density at radius 2 is 2.16 bits per heavy atom. The molecule has 0 bridgehead atoms. The highest BCUT2D eigenvalue weighted by molar-refractivity contribution is 7.14. The largest absolute Gasteiger partial charge is 0.293 e. The number of carbonyl (C=O) groups excluding carboxylic acids is 1. The molecule has 0 aliphatic rings. The number of thiophene rings is 1. The van der Waals surface area contributed by atoms with Crippen LogP contribution in [0, 0.1) is 6.92 Å². The van der Waals surface area contributed by atoms with Crippen molar-refractivity contribution >= 4 is 28.7 Å². The average molecular weight is 297 g/mol. The van der Waals surface area contributed by atoms with Gasteiger partial charge in [-0.15, -0.1) is 11.3 Å². The number of aromatic nitrogens is 2. The number of nitrogens with zero attached hydrogens (tertiary/aromatic N) is 2. The van der Waals surface area contributed by atoms with Gasteiger partial charge in [-0.2, -0.15) is 5.10 Å². The van der Waals surface area contributed by atoms with E-state index < -0.39 is 0 Å². The number of aryl methyl sites for hydroxylation is 3. The summed E-state index contributed by atoms with van der Waals surface area (Å²) in [6, 6.07) is 3.92. The zero-order chi connectivity index (χ0) is 14.0. The number of hydrogen-bond donors (Lipinski definition) is 0. The second-order valence-electron chi connectivity index (χ2n) is 4.38. The lowest BCUT2D eigenvalue weighted by atomic mass is 10.2. The minimum Gasteiger partial charge on any atom is -0.293 e. The van der Waals surface area contributed by atoms with Gasteiger partial charge in [-0.05, 0) is 32.4 Å². The van der Waals surface area contributed by atoms with Crippen LogP contribution in [-0.4, -0.2) is 15.6 Å². The van der Waals surface area contributed by atoms with Crippen molar-refractivity contribution in [3.05, 3.63) is 38.3 Å². The lowest BCUT2D eigenvalue weighted by Crippen LogP contribution is -2.09. The van der Waals surface area contributed by atoms with Crippen molar-refractivity contribution in [2.45, 2.75) is 40.2 Å². The normalized spacial score (nSPS) is 10.9. The average Bonchev–Trinajstić information content (AvgIpc) is 2.98. The summed E-state index contributed by atoms with van der Waals surface area (Å²) < 4.78 is 1.81. The van der Waals surface area contributed by atoms with Crippen LogP contribution in [0.25, 0.3) is 0 Å². The van der Waals surface area contributed by atoms with E-state index in [0.717, 1.165) is 29.2 Å². The molecule has 0 aromatic carbocycles. The van der Waals surface area contributed by atoms with E-state index in [9.17, 15) is 4.79 Å². The Morgan fingerprint density at radius 3 is 2.74 bits per heavy atom. The Hall–Kier alpha value is -1.13. The number of Topliss-reactive ketones (excluding diaryl/α,β-unsaturated/α-hetero) is 1. The molecule has 3 nitrogen and oxygen atoms in total. The zero-order valence-corrected chi connectivity index (χ0v) is 12.9. The molecule has 0 N–H and O–H groups in total. The quantitative estimate of drug-likeness (QED) is 0.784. The number of ketones is 1. The Kier molecular flexibility index (Phi) is 4.42. The SMILES string of the molecule is CCc1ccc(C(=O)Cc2c(Cl)c(C)nn2CC)s1. The van der Waals surface area contributed by atoms with Crippen LogP contribution >= 0.6 is 22.9 Å². The van der Waals surface area contributed by atoms with Gasteiger partial charge in [0.05, 0.1) is 27.7 Å². The fourth-order valence-electron chi connectivity index (χ4n) is 1.99. The smallest absolute Gasteiger partial charge is 0.178 e. The summed E-state index contributed by atoms with van der Waals surface area (Å²) in [6.07, 6.45) is 1.28. The maximum atomic E-state index is 12.3. The zero-order valence-electron chi connectivity index (χ0n) is 11.4. The van der Waals surface area contributed by atoms with Crippen LogP contribution in [0.5, 0.6) is 0 Å². The molecule has 19 heavy (non-hydrogen) atoms. The Morgan fingerprint density at radius 1 is 1.42 bits per heavy atom. The Bertz CT molecular complexity index is 601. The van der Waals surface area contributed by atoms with Crippen molar-refractivity contribution in [2.24, 2.45) is 0 Å². The summed E-state index contributed by atoms with van der Waals surface area (Å²) >= 11 is 7.79. The minimum absolute atomic E-state index is 0.112. The highest BCUT2D eigenvalue weighted by Crippen LogP contribution is 2.24. The molecule has 2 heterocycles. The summed E-state index contributed by atoms with van der Waals surface area (Å²) in [6.45, 7) is 6.67. The molecule has 0 spiro atoms. The maximum Gasteiger partial charge on any atom is 0.178 e. The molecule has 102 valence electrons. The summed E-state index contributed by atoms with van der Waals surface area (Å²) in [7, 11) is 0. The molecule has 5 heteroatoms. The standard InChI is InChI=1S/C14H17ClN2OS/c1-4-10-6-7-13(19-10)12(18)8-11-14(15)9(3)16-17(11)5-2/h6-7H,4-5,8H2,1-3H3. The maximum absolute atomic E-state index is 12.3. The molecular weight excluding hydrogens is 280 g/mol. The molecule has 2 aromatic heterocycles. The summed E-state index contributed by atoms with van der Waals surface area (Å²) in [5.41, 5.74) is 1.60. The fourth-order valence-corrected chi connectivity index (χ4v) is 3.08. The molecule has 0 atom stereocenters. The molecule has 2 rings (SSSR count). The predicted octanol–water partition coefficient (Wildman–Crippen LogP) is 3.91. The number of carbonyl (C=O) groups is 1. The summed E-state index contributed by atoms with van der Waals surface area (Å²) in [5.74, 6) is 0.112. The highest BCUT2D eigenvalue weighted by atomic mass is 35.5. The van der Waals surface area contributed by atoms with E-state index in [1.54, 1.807) is 11.3 Å². The summed E-state index contributed by atoms with van der Waals surface area (Å²) in [4.78, 5) is 14.3. The van der Waals surface area contributed by atoms with Gasteiger partial charge in [0, 0.05) is 11.4 Å². The summed E-state index contributed by atoms with van der Waals surface area (Å²) in [5, 5.41) is 4.95. The van der Waals surface area contributed by atoms with Gasteiger partial charge in [0.25, 0.3) is 0 Å². The van der Waals surface area contributed by atoms with E-state index in [0.29, 0.717) is 11.4 Å². The predicted molar refractivity (Wildman–Crippen MR) is 79.4 cm³/mol. The number of halogens is 1. The van der Waals surface area contributed by atoms with Crippen molar-refractivity contribution in [1.82, 2.24) is 9.78 Å². The lowest BCUT2D eigenvalue weighted by Gasteiger charge is -2.03. The molecule has 0 saturated carbocycles. The second kappa shape index (κ2) is 5.88. The van der Waals surface area contributed by atoms with Crippen LogP contribution in [0.15, 0.2) is 12.1 Å². The molecule has 0 radical (unpaired) electrons. The van der Waals surface area contributed by atoms with Crippen LogP contribution in [0.4, 0.5) is 0 Å². The van der Waals surface area contributed by atoms with Crippen LogP contribution in [0.2, 0.25) is 5.02 Å². The molecule has 0 aliphatic heterocycles. The molecule has 0 amide bonds. The van der Waals surface area contributed by atoms with E-state index in [2.05, 4.69) is 12.0 Å². The van der Waals surface area contributed by atoms with E-state index in [-0.39, 0.29) is 5.78 Å². The van der Waals surface area contributed by atoms with Gasteiger partial charge in [0.2, 0.25) is 0 Å². The first-order valence-corrected chi connectivity index (χ1v) is 7.59. The van der Waals surface area contributed by atoms with Crippen molar-refractivity contribution in [2.75, 3.05) is 0 Å².